The number of aromatic nitrogens is 4. The smallest absolute Gasteiger partial charge is 0.307 e. The molecular weight excluding hydrogens is 334 g/mol. The predicted octanol–water partition coefficient (Wildman–Crippen LogP) is 2.18. The fraction of sp³-hybridized carbons (Fsp3) is 0.278. The molecule has 8 nitrogen and oxygen atoms in total. The van der Waals surface area contributed by atoms with Gasteiger partial charge in [0.15, 0.2) is 0 Å². The van der Waals surface area contributed by atoms with Crippen LogP contribution < -0.4 is 5.32 Å². The molecule has 8 heteroatoms. The standard InChI is InChI=1S/C18H17N5O3/c1-9-7-10(2)23-18(19-9)21-15(22-23)16(24)20-12-5-3-11(4-6-12)13-8-14(13)17(25)26/h3-7,13-14H,8H2,1-2H3,(H,20,24)(H,25,26)/t13-,14+/m0/s1. The van der Waals surface area contributed by atoms with Crippen molar-refractivity contribution < 1.29 is 14.7 Å². The van der Waals surface area contributed by atoms with Gasteiger partial charge in [0, 0.05) is 17.1 Å². The molecule has 0 saturated heterocycles. The van der Waals surface area contributed by atoms with Gasteiger partial charge in [-0.3, -0.25) is 9.59 Å². The second kappa shape index (κ2) is 5.91. The van der Waals surface area contributed by atoms with Gasteiger partial charge < -0.3 is 10.4 Å². The van der Waals surface area contributed by atoms with Gasteiger partial charge in [0.2, 0.25) is 5.82 Å². The first-order valence-electron chi connectivity index (χ1n) is 8.27. The van der Waals surface area contributed by atoms with Crippen LogP contribution in [0.15, 0.2) is 30.3 Å². The topological polar surface area (TPSA) is 109 Å². The molecule has 2 atom stereocenters. The summed E-state index contributed by atoms with van der Waals surface area (Å²) in [6, 6.07) is 9.07. The summed E-state index contributed by atoms with van der Waals surface area (Å²) in [6.07, 6.45) is 0.665. The first-order chi connectivity index (χ1) is 12.4. The maximum atomic E-state index is 12.4. The molecule has 0 radical (unpaired) electrons. The molecule has 1 fully saturated rings. The van der Waals surface area contributed by atoms with Crippen molar-refractivity contribution in [1.82, 2.24) is 19.6 Å². The van der Waals surface area contributed by atoms with Crippen molar-refractivity contribution >= 4 is 23.3 Å². The zero-order valence-electron chi connectivity index (χ0n) is 14.3. The third kappa shape index (κ3) is 2.90. The Morgan fingerprint density at radius 2 is 1.92 bits per heavy atom. The number of carbonyl (C=O) groups excluding carboxylic acids is 1. The minimum absolute atomic E-state index is 0.0448. The van der Waals surface area contributed by atoms with E-state index < -0.39 is 11.9 Å². The third-order valence-electron chi connectivity index (χ3n) is 4.53. The van der Waals surface area contributed by atoms with E-state index in [9.17, 15) is 9.59 Å². The van der Waals surface area contributed by atoms with Crippen molar-refractivity contribution in [2.45, 2.75) is 26.2 Å². The van der Waals surface area contributed by atoms with Crippen LogP contribution in [0.2, 0.25) is 0 Å². The molecule has 1 aromatic carbocycles. The average Bonchev–Trinajstić information content (AvgIpc) is 3.28. The number of carbonyl (C=O) groups is 2. The highest BCUT2D eigenvalue weighted by Gasteiger charge is 2.44. The van der Waals surface area contributed by atoms with E-state index in [2.05, 4.69) is 20.4 Å². The molecule has 2 heterocycles. The number of carboxylic acid groups (broad SMARTS) is 1. The molecule has 0 spiro atoms. The number of hydrogen-bond donors (Lipinski definition) is 2. The maximum Gasteiger partial charge on any atom is 0.307 e. The summed E-state index contributed by atoms with van der Waals surface area (Å²) in [5.74, 6) is -0.981. The van der Waals surface area contributed by atoms with Crippen molar-refractivity contribution in [3.05, 3.63) is 53.1 Å². The highest BCUT2D eigenvalue weighted by molar-refractivity contribution is 6.01. The number of benzene rings is 1. The van der Waals surface area contributed by atoms with Crippen LogP contribution in [0.1, 0.15) is 39.9 Å². The molecule has 3 aromatic rings. The Morgan fingerprint density at radius 3 is 2.58 bits per heavy atom. The summed E-state index contributed by atoms with van der Waals surface area (Å²) >= 11 is 0. The lowest BCUT2D eigenvalue weighted by molar-refractivity contribution is -0.138. The van der Waals surface area contributed by atoms with Crippen molar-refractivity contribution in [2.24, 2.45) is 5.92 Å². The summed E-state index contributed by atoms with van der Waals surface area (Å²) in [6.45, 7) is 3.73. The molecule has 1 amide bonds. The quantitative estimate of drug-likeness (QED) is 0.745. The van der Waals surface area contributed by atoms with Crippen LogP contribution >= 0.6 is 0 Å². The van der Waals surface area contributed by atoms with E-state index >= 15 is 0 Å². The van der Waals surface area contributed by atoms with E-state index in [-0.39, 0.29) is 17.7 Å². The molecular formula is C18H17N5O3. The lowest BCUT2D eigenvalue weighted by atomic mass is 10.1. The van der Waals surface area contributed by atoms with E-state index in [1.807, 2.05) is 32.0 Å². The van der Waals surface area contributed by atoms with Gasteiger partial charge >= 0.3 is 5.97 Å². The van der Waals surface area contributed by atoms with E-state index in [0.717, 1.165) is 17.0 Å². The Balaban J connectivity index is 1.50. The number of anilines is 1. The lowest BCUT2D eigenvalue weighted by Gasteiger charge is -2.04. The molecule has 26 heavy (non-hydrogen) atoms. The number of nitrogens with one attached hydrogen (secondary N) is 1. The second-order valence-corrected chi connectivity index (χ2v) is 6.55. The summed E-state index contributed by atoms with van der Waals surface area (Å²) in [5, 5.41) is 16.0. The van der Waals surface area contributed by atoms with Gasteiger partial charge in [-0.2, -0.15) is 4.98 Å². The van der Waals surface area contributed by atoms with Crippen LogP contribution in [0.3, 0.4) is 0 Å². The SMILES string of the molecule is Cc1cc(C)n2nc(C(=O)Nc3ccc([C@@H]4C[C@H]4C(=O)O)cc3)nc2n1. The van der Waals surface area contributed by atoms with E-state index in [1.165, 1.54) is 4.52 Å². The van der Waals surface area contributed by atoms with Crippen molar-refractivity contribution in [3.63, 3.8) is 0 Å². The molecule has 1 aliphatic carbocycles. The molecule has 2 aromatic heterocycles. The number of hydrogen-bond acceptors (Lipinski definition) is 5. The van der Waals surface area contributed by atoms with Gasteiger partial charge in [0.25, 0.3) is 11.7 Å². The fourth-order valence-corrected chi connectivity index (χ4v) is 3.10. The number of fused-ring (bicyclic) bond motifs is 1. The molecule has 0 unspecified atom stereocenters. The van der Waals surface area contributed by atoms with E-state index in [1.54, 1.807) is 12.1 Å². The van der Waals surface area contributed by atoms with Crippen LogP contribution in [-0.2, 0) is 4.79 Å². The van der Waals surface area contributed by atoms with E-state index in [4.69, 9.17) is 5.11 Å². The Labute approximate surface area is 148 Å². The van der Waals surface area contributed by atoms with Crippen molar-refractivity contribution in [1.29, 1.82) is 0 Å². The lowest BCUT2D eigenvalue weighted by Crippen LogP contribution is -2.14. The second-order valence-electron chi connectivity index (χ2n) is 6.55. The number of carboxylic acids is 1. The van der Waals surface area contributed by atoms with Crippen molar-refractivity contribution in [3.8, 4) is 0 Å². The van der Waals surface area contributed by atoms with Crippen LogP contribution in [0.5, 0.6) is 0 Å². The zero-order chi connectivity index (χ0) is 18.4. The minimum atomic E-state index is -0.760. The largest absolute Gasteiger partial charge is 0.481 e. The maximum absolute atomic E-state index is 12.4. The molecule has 1 aliphatic rings. The van der Waals surface area contributed by atoms with Gasteiger partial charge in [-0.25, -0.2) is 9.50 Å². The Morgan fingerprint density at radius 1 is 1.19 bits per heavy atom. The number of rotatable bonds is 4. The van der Waals surface area contributed by atoms with Gasteiger partial charge in [0.05, 0.1) is 5.92 Å². The zero-order valence-corrected chi connectivity index (χ0v) is 14.3. The summed E-state index contributed by atoms with van der Waals surface area (Å²) < 4.78 is 1.53. The van der Waals surface area contributed by atoms with Gasteiger partial charge in [-0.15, -0.1) is 5.10 Å². The van der Waals surface area contributed by atoms with Gasteiger partial charge in [-0.05, 0) is 49.9 Å². The molecule has 132 valence electrons. The van der Waals surface area contributed by atoms with Crippen LogP contribution in [0.25, 0.3) is 5.78 Å². The summed E-state index contributed by atoms with van der Waals surface area (Å²) in [7, 11) is 0. The first kappa shape index (κ1) is 16.2. The number of aliphatic carboxylic acids is 1. The first-order valence-corrected chi connectivity index (χ1v) is 8.27. The highest BCUT2D eigenvalue weighted by atomic mass is 16.4. The molecule has 2 N–H and O–H groups in total. The predicted molar refractivity (Wildman–Crippen MR) is 93.1 cm³/mol. The molecule has 4 rings (SSSR count). The molecule has 0 bridgehead atoms. The molecule has 1 saturated carbocycles. The monoisotopic (exact) mass is 351 g/mol. The van der Waals surface area contributed by atoms with Crippen LogP contribution in [-0.4, -0.2) is 36.6 Å². The van der Waals surface area contributed by atoms with Gasteiger partial charge in [0.1, 0.15) is 0 Å². The number of amides is 1. The Bertz CT molecular complexity index is 1030. The fourth-order valence-electron chi connectivity index (χ4n) is 3.10. The van der Waals surface area contributed by atoms with Crippen molar-refractivity contribution in [2.75, 3.05) is 5.32 Å². The Kier molecular flexibility index (Phi) is 3.68. The minimum Gasteiger partial charge on any atom is -0.481 e. The van der Waals surface area contributed by atoms with Gasteiger partial charge in [-0.1, -0.05) is 12.1 Å². The van der Waals surface area contributed by atoms with Crippen LogP contribution in [0.4, 0.5) is 5.69 Å². The summed E-state index contributed by atoms with van der Waals surface area (Å²) in [5.41, 5.74) is 3.23. The average molecular weight is 351 g/mol. The summed E-state index contributed by atoms with van der Waals surface area (Å²) in [4.78, 5) is 31.8. The number of nitrogens with zero attached hydrogens (tertiary/aromatic N) is 4. The third-order valence-corrected chi connectivity index (χ3v) is 4.53. The highest BCUT2D eigenvalue weighted by Crippen LogP contribution is 2.47. The Hall–Kier alpha value is -3.29. The van der Waals surface area contributed by atoms with E-state index in [0.29, 0.717) is 17.9 Å². The normalized spacial score (nSPS) is 18.7. The van der Waals surface area contributed by atoms with Crippen LogP contribution in [0, 0.1) is 19.8 Å². The molecule has 0 aliphatic heterocycles. The number of aryl methyl sites for hydroxylation is 2.